The van der Waals surface area contributed by atoms with Crippen LogP contribution < -0.4 is 5.32 Å². The van der Waals surface area contributed by atoms with Crippen LogP contribution in [-0.4, -0.2) is 12.6 Å². The summed E-state index contributed by atoms with van der Waals surface area (Å²) in [6, 6.07) is 0.811. The topological polar surface area (TPSA) is 12.0 Å². The molecule has 0 aliphatic heterocycles. The number of hydrogen-bond acceptors (Lipinski definition) is 1. The lowest BCUT2D eigenvalue weighted by molar-refractivity contribution is 0.410. The minimum atomic E-state index is 0.811. The molecule has 1 N–H and O–H groups in total. The van der Waals surface area contributed by atoms with Crippen LogP contribution in [0.15, 0.2) is 11.6 Å². The third kappa shape index (κ3) is 5.69. The van der Waals surface area contributed by atoms with E-state index in [0.29, 0.717) is 0 Å². The molecule has 2 unspecified atom stereocenters. The van der Waals surface area contributed by atoms with Gasteiger partial charge in [0, 0.05) is 6.04 Å². The van der Waals surface area contributed by atoms with Crippen molar-refractivity contribution in [2.75, 3.05) is 6.54 Å². The van der Waals surface area contributed by atoms with E-state index < -0.39 is 0 Å². The van der Waals surface area contributed by atoms with Gasteiger partial charge in [0.1, 0.15) is 0 Å². The zero-order valence-corrected chi connectivity index (χ0v) is 12.9. The molecule has 0 amide bonds. The lowest BCUT2D eigenvalue weighted by atomic mass is 9.95. The zero-order chi connectivity index (χ0) is 13.3. The van der Waals surface area contributed by atoms with E-state index in [2.05, 4.69) is 18.3 Å². The van der Waals surface area contributed by atoms with Gasteiger partial charge in [-0.15, -0.1) is 0 Å². The van der Waals surface area contributed by atoms with Crippen LogP contribution in [0.4, 0.5) is 0 Å². The van der Waals surface area contributed by atoms with Crippen LogP contribution in [0.1, 0.15) is 84.0 Å². The van der Waals surface area contributed by atoms with E-state index >= 15 is 0 Å². The molecule has 0 aromatic rings. The zero-order valence-electron chi connectivity index (χ0n) is 12.9. The third-order valence-electron chi connectivity index (χ3n) is 5.05. The van der Waals surface area contributed by atoms with Crippen molar-refractivity contribution in [3.8, 4) is 0 Å². The molecule has 0 aromatic carbocycles. The fraction of sp³-hybridized carbons (Fsp3) is 0.889. The SMILES string of the molecule is CCCC1CCCC(NCCC2=CCCCC2)CC1. The van der Waals surface area contributed by atoms with Crippen molar-refractivity contribution in [2.45, 2.75) is 90.0 Å². The van der Waals surface area contributed by atoms with Crippen molar-refractivity contribution >= 4 is 0 Å². The van der Waals surface area contributed by atoms with Crippen LogP contribution >= 0.6 is 0 Å². The van der Waals surface area contributed by atoms with Gasteiger partial charge in [0.2, 0.25) is 0 Å². The van der Waals surface area contributed by atoms with E-state index in [9.17, 15) is 0 Å². The molecule has 2 aliphatic carbocycles. The Morgan fingerprint density at radius 1 is 1.11 bits per heavy atom. The Kier molecular flexibility index (Phi) is 6.98. The maximum absolute atomic E-state index is 3.83. The van der Waals surface area contributed by atoms with Gasteiger partial charge >= 0.3 is 0 Å². The van der Waals surface area contributed by atoms with Crippen LogP contribution in [0, 0.1) is 5.92 Å². The van der Waals surface area contributed by atoms with E-state index in [1.807, 2.05) is 0 Å². The van der Waals surface area contributed by atoms with Gasteiger partial charge in [0.15, 0.2) is 0 Å². The molecule has 110 valence electrons. The predicted molar refractivity (Wildman–Crippen MR) is 84.4 cm³/mol. The number of nitrogens with one attached hydrogen (secondary N) is 1. The summed E-state index contributed by atoms with van der Waals surface area (Å²) in [4.78, 5) is 0. The summed E-state index contributed by atoms with van der Waals surface area (Å²) in [7, 11) is 0. The highest BCUT2D eigenvalue weighted by molar-refractivity contribution is 5.05. The van der Waals surface area contributed by atoms with E-state index in [1.54, 1.807) is 5.57 Å². The molecule has 0 heterocycles. The summed E-state index contributed by atoms with van der Waals surface area (Å²) in [6.07, 6.45) is 19.4. The quantitative estimate of drug-likeness (QED) is 0.512. The van der Waals surface area contributed by atoms with Crippen LogP contribution in [-0.2, 0) is 0 Å². The average Bonchev–Trinajstić information content (AvgIpc) is 2.66. The first-order chi connectivity index (χ1) is 9.38. The first-order valence-corrected chi connectivity index (χ1v) is 8.79. The van der Waals surface area contributed by atoms with E-state index in [4.69, 9.17) is 0 Å². The number of allylic oxidation sites excluding steroid dienone is 1. The first kappa shape index (κ1) is 15.1. The first-order valence-electron chi connectivity index (χ1n) is 8.79. The van der Waals surface area contributed by atoms with Crippen LogP contribution in [0.5, 0.6) is 0 Å². The minimum Gasteiger partial charge on any atom is -0.314 e. The highest BCUT2D eigenvalue weighted by Crippen LogP contribution is 2.27. The maximum atomic E-state index is 3.83. The molecule has 1 fully saturated rings. The Labute approximate surface area is 120 Å². The summed E-state index contributed by atoms with van der Waals surface area (Å²) >= 11 is 0. The van der Waals surface area contributed by atoms with Gasteiger partial charge in [-0.05, 0) is 63.8 Å². The van der Waals surface area contributed by atoms with Gasteiger partial charge in [0.05, 0.1) is 0 Å². The molecular formula is C18H33N. The standard InChI is InChI=1S/C18H33N/c1-2-7-16-10-6-11-18(13-12-16)19-15-14-17-8-4-3-5-9-17/h8,16,18-19H,2-7,9-15H2,1H3. The molecule has 0 saturated heterocycles. The highest BCUT2D eigenvalue weighted by Gasteiger charge is 2.17. The van der Waals surface area contributed by atoms with Crippen molar-refractivity contribution in [3.63, 3.8) is 0 Å². The molecule has 1 heteroatoms. The van der Waals surface area contributed by atoms with Crippen molar-refractivity contribution in [3.05, 3.63) is 11.6 Å². The summed E-state index contributed by atoms with van der Waals surface area (Å²) < 4.78 is 0. The Balaban J connectivity index is 1.61. The van der Waals surface area contributed by atoms with Gasteiger partial charge in [-0.2, -0.15) is 0 Å². The van der Waals surface area contributed by atoms with E-state index in [-0.39, 0.29) is 0 Å². The van der Waals surface area contributed by atoms with Gasteiger partial charge in [-0.3, -0.25) is 0 Å². The monoisotopic (exact) mass is 263 g/mol. The summed E-state index contributed by atoms with van der Waals surface area (Å²) in [5, 5.41) is 3.83. The molecule has 2 aliphatic rings. The maximum Gasteiger partial charge on any atom is 0.00672 e. The van der Waals surface area contributed by atoms with Crippen LogP contribution in [0.25, 0.3) is 0 Å². The molecule has 1 nitrogen and oxygen atoms in total. The van der Waals surface area contributed by atoms with Gasteiger partial charge < -0.3 is 5.32 Å². The number of hydrogen-bond donors (Lipinski definition) is 1. The van der Waals surface area contributed by atoms with Crippen LogP contribution in [0.3, 0.4) is 0 Å². The molecular weight excluding hydrogens is 230 g/mol. The Morgan fingerprint density at radius 2 is 2.05 bits per heavy atom. The van der Waals surface area contributed by atoms with E-state index in [1.165, 1.54) is 83.6 Å². The molecule has 0 bridgehead atoms. The third-order valence-corrected chi connectivity index (χ3v) is 5.05. The van der Waals surface area contributed by atoms with Crippen molar-refractivity contribution in [2.24, 2.45) is 5.92 Å². The largest absolute Gasteiger partial charge is 0.314 e. The van der Waals surface area contributed by atoms with Gasteiger partial charge in [-0.25, -0.2) is 0 Å². The smallest absolute Gasteiger partial charge is 0.00672 e. The van der Waals surface area contributed by atoms with Crippen molar-refractivity contribution in [1.29, 1.82) is 0 Å². The average molecular weight is 263 g/mol. The Hall–Kier alpha value is -0.300. The minimum absolute atomic E-state index is 0.811. The number of rotatable bonds is 6. The fourth-order valence-electron chi connectivity index (χ4n) is 3.85. The van der Waals surface area contributed by atoms with E-state index in [0.717, 1.165) is 12.0 Å². The summed E-state index contributed by atoms with van der Waals surface area (Å²) in [6.45, 7) is 3.55. The molecule has 0 aromatic heterocycles. The molecule has 0 radical (unpaired) electrons. The molecule has 1 saturated carbocycles. The normalized spacial score (nSPS) is 28.8. The second kappa shape index (κ2) is 8.79. The predicted octanol–water partition coefficient (Wildman–Crippen LogP) is 5.22. The second-order valence-electron chi connectivity index (χ2n) is 6.67. The van der Waals surface area contributed by atoms with Gasteiger partial charge in [-0.1, -0.05) is 44.3 Å². The van der Waals surface area contributed by atoms with Crippen molar-refractivity contribution in [1.82, 2.24) is 5.32 Å². The molecule has 2 rings (SSSR count). The highest BCUT2D eigenvalue weighted by atomic mass is 14.9. The Bertz CT molecular complexity index is 269. The van der Waals surface area contributed by atoms with Gasteiger partial charge in [0.25, 0.3) is 0 Å². The van der Waals surface area contributed by atoms with Crippen LogP contribution in [0.2, 0.25) is 0 Å². The molecule has 2 atom stereocenters. The molecule has 0 spiro atoms. The molecule has 19 heavy (non-hydrogen) atoms. The van der Waals surface area contributed by atoms with Crippen molar-refractivity contribution < 1.29 is 0 Å². The Morgan fingerprint density at radius 3 is 2.84 bits per heavy atom. The lowest BCUT2D eigenvalue weighted by Gasteiger charge is -2.18. The summed E-state index contributed by atoms with van der Waals surface area (Å²) in [5.74, 6) is 1.03. The summed E-state index contributed by atoms with van der Waals surface area (Å²) in [5.41, 5.74) is 1.72. The lowest BCUT2D eigenvalue weighted by Crippen LogP contribution is -2.29. The fourth-order valence-corrected chi connectivity index (χ4v) is 3.85. The second-order valence-corrected chi connectivity index (χ2v) is 6.67.